The van der Waals surface area contributed by atoms with Crippen molar-refractivity contribution in [2.45, 2.75) is 38.7 Å². The minimum Gasteiger partial charge on any atom is -0.387 e. The summed E-state index contributed by atoms with van der Waals surface area (Å²) in [5, 5.41) is 23.1. The highest BCUT2D eigenvalue weighted by Crippen LogP contribution is 2.36. The van der Waals surface area contributed by atoms with E-state index >= 15 is 0 Å². The Morgan fingerprint density at radius 3 is 2.12 bits per heavy atom. The molecule has 0 aliphatic carbocycles. The summed E-state index contributed by atoms with van der Waals surface area (Å²) in [5.41, 5.74) is 4.02. The van der Waals surface area contributed by atoms with Crippen LogP contribution in [0, 0.1) is 11.3 Å². The van der Waals surface area contributed by atoms with Crippen LogP contribution in [0.3, 0.4) is 0 Å². The molecule has 0 fully saturated rings. The molecule has 1 N–H and O–H groups in total. The Balaban J connectivity index is 2.07. The summed E-state index contributed by atoms with van der Waals surface area (Å²) in [6, 6.07) is 22.6. The Hall–Kier alpha value is -2.63. The van der Waals surface area contributed by atoms with Gasteiger partial charge in [0.15, 0.2) is 0 Å². The van der Waals surface area contributed by atoms with E-state index in [1.165, 1.54) is 0 Å². The molecule has 3 aromatic carbocycles. The highest BCUT2D eigenvalue weighted by Gasteiger charge is 2.26. The number of nitriles is 1. The second kappa shape index (κ2) is 7.51. The third-order valence-electron chi connectivity index (χ3n) is 4.93. The minimum atomic E-state index is -0.822. The number of nitrogens with zero attached hydrogens (tertiary/aromatic N) is 1. The van der Waals surface area contributed by atoms with Gasteiger partial charge in [0, 0.05) is 0 Å². The molecule has 0 radical (unpaired) electrons. The van der Waals surface area contributed by atoms with Crippen molar-refractivity contribution in [1.29, 1.82) is 5.26 Å². The fourth-order valence-electron chi connectivity index (χ4n) is 3.56. The van der Waals surface area contributed by atoms with Crippen LogP contribution in [0.1, 0.15) is 48.1 Å². The Labute approximate surface area is 149 Å². The standard InChI is InChI=1S/C23H23NO/c1-3-16-10-7-11-17(4-2)22(16)23(25)21(15-24)20-13-12-18-8-5-6-9-19(18)14-20/h5-14,21,23,25H,3-4H2,1-2H3/t21-,23-/m1/s1. The molecule has 3 rings (SSSR count). The van der Waals surface area contributed by atoms with Crippen LogP contribution >= 0.6 is 0 Å². The number of rotatable bonds is 5. The molecule has 0 amide bonds. The monoisotopic (exact) mass is 329 g/mol. The van der Waals surface area contributed by atoms with Crippen molar-refractivity contribution in [3.05, 3.63) is 82.9 Å². The second-order valence-electron chi connectivity index (χ2n) is 6.36. The van der Waals surface area contributed by atoms with E-state index < -0.39 is 12.0 Å². The number of aryl methyl sites for hydroxylation is 2. The summed E-state index contributed by atoms with van der Waals surface area (Å²) in [4.78, 5) is 0. The Morgan fingerprint density at radius 2 is 1.52 bits per heavy atom. The first kappa shape index (κ1) is 17.2. The number of aliphatic hydroxyl groups is 1. The van der Waals surface area contributed by atoms with E-state index in [1.54, 1.807) is 0 Å². The van der Waals surface area contributed by atoms with Crippen molar-refractivity contribution < 1.29 is 5.11 Å². The molecule has 0 spiro atoms. The molecular weight excluding hydrogens is 306 g/mol. The molecule has 2 nitrogen and oxygen atoms in total. The van der Waals surface area contributed by atoms with Gasteiger partial charge in [-0.05, 0) is 51.9 Å². The van der Waals surface area contributed by atoms with Gasteiger partial charge >= 0.3 is 0 Å². The lowest BCUT2D eigenvalue weighted by molar-refractivity contribution is 0.162. The number of aliphatic hydroxyl groups excluding tert-OH is 1. The van der Waals surface area contributed by atoms with Gasteiger partial charge in [-0.15, -0.1) is 0 Å². The average Bonchev–Trinajstić information content (AvgIpc) is 2.67. The van der Waals surface area contributed by atoms with Crippen LogP contribution in [0.5, 0.6) is 0 Å². The molecule has 0 bridgehead atoms. The first-order valence-corrected chi connectivity index (χ1v) is 8.86. The van der Waals surface area contributed by atoms with Gasteiger partial charge in [-0.1, -0.05) is 68.4 Å². The average molecular weight is 329 g/mol. The summed E-state index contributed by atoms with van der Waals surface area (Å²) < 4.78 is 0. The van der Waals surface area contributed by atoms with Crippen LogP contribution in [-0.4, -0.2) is 5.11 Å². The Kier molecular flexibility index (Phi) is 5.16. The van der Waals surface area contributed by atoms with Gasteiger partial charge in [0.1, 0.15) is 5.92 Å². The topological polar surface area (TPSA) is 44.0 Å². The Morgan fingerprint density at radius 1 is 0.880 bits per heavy atom. The zero-order chi connectivity index (χ0) is 17.8. The molecular formula is C23H23NO. The number of hydrogen-bond acceptors (Lipinski definition) is 2. The van der Waals surface area contributed by atoms with E-state index in [2.05, 4.69) is 26.0 Å². The maximum atomic E-state index is 11.1. The first-order valence-electron chi connectivity index (χ1n) is 8.86. The number of benzene rings is 3. The molecule has 3 aromatic rings. The van der Waals surface area contributed by atoms with Gasteiger partial charge in [-0.3, -0.25) is 0 Å². The molecule has 126 valence electrons. The van der Waals surface area contributed by atoms with Crippen LogP contribution in [0.15, 0.2) is 60.7 Å². The van der Waals surface area contributed by atoms with E-state index in [0.717, 1.165) is 45.9 Å². The van der Waals surface area contributed by atoms with Gasteiger partial charge in [0.25, 0.3) is 0 Å². The van der Waals surface area contributed by atoms with Crippen molar-refractivity contribution in [2.75, 3.05) is 0 Å². The minimum absolute atomic E-state index is 0.581. The highest BCUT2D eigenvalue weighted by molar-refractivity contribution is 5.83. The lowest BCUT2D eigenvalue weighted by Gasteiger charge is -2.23. The quantitative estimate of drug-likeness (QED) is 0.690. The van der Waals surface area contributed by atoms with Crippen molar-refractivity contribution in [3.63, 3.8) is 0 Å². The van der Waals surface area contributed by atoms with E-state index in [9.17, 15) is 10.4 Å². The predicted octanol–water partition coefficient (Wildman–Crippen LogP) is 5.31. The fourth-order valence-corrected chi connectivity index (χ4v) is 3.56. The molecule has 0 saturated heterocycles. The largest absolute Gasteiger partial charge is 0.387 e. The van der Waals surface area contributed by atoms with E-state index in [4.69, 9.17) is 0 Å². The van der Waals surface area contributed by atoms with Crippen molar-refractivity contribution in [3.8, 4) is 6.07 Å². The second-order valence-corrected chi connectivity index (χ2v) is 6.36. The maximum Gasteiger partial charge on any atom is 0.101 e. The zero-order valence-electron chi connectivity index (χ0n) is 14.7. The number of hydrogen-bond donors (Lipinski definition) is 1. The van der Waals surface area contributed by atoms with Crippen LogP contribution in [0.25, 0.3) is 10.8 Å². The summed E-state index contributed by atoms with van der Waals surface area (Å²) in [6.07, 6.45) is 0.865. The van der Waals surface area contributed by atoms with Crippen LogP contribution in [0.4, 0.5) is 0 Å². The van der Waals surface area contributed by atoms with Crippen LogP contribution < -0.4 is 0 Å². The smallest absolute Gasteiger partial charge is 0.101 e. The predicted molar refractivity (Wildman–Crippen MR) is 102 cm³/mol. The molecule has 0 aliphatic heterocycles. The molecule has 0 heterocycles. The molecule has 0 saturated carbocycles. The SMILES string of the molecule is CCc1cccc(CC)c1[C@H](O)[C@H](C#N)c1ccc2ccccc2c1. The third kappa shape index (κ3) is 3.29. The highest BCUT2D eigenvalue weighted by atomic mass is 16.3. The van der Waals surface area contributed by atoms with Crippen LogP contribution in [-0.2, 0) is 12.8 Å². The van der Waals surface area contributed by atoms with Gasteiger partial charge in [-0.2, -0.15) is 5.26 Å². The van der Waals surface area contributed by atoms with Crippen molar-refractivity contribution >= 4 is 10.8 Å². The Bertz CT molecular complexity index is 901. The lowest BCUT2D eigenvalue weighted by Crippen LogP contribution is -2.14. The molecule has 25 heavy (non-hydrogen) atoms. The fraction of sp³-hybridized carbons (Fsp3) is 0.261. The van der Waals surface area contributed by atoms with Crippen LogP contribution in [0.2, 0.25) is 0 Å². The van der Waals surface area contributed by atoms with E-state index in [0.29, 0.717) is 0 Å². The maximum absolute atomic E-state index is 11.1. The summed E-state index contributed by atoms with van der Waals surface area (Å²) in [7, 11) is 0. The zero-order valence-corrected chi connectivity index (χ0v) is 14.7. The molecule has 2 atom stereocenters. The molecule has 0 aromatic heterocycles. The normalized spacial score (nSPS) is 13.4. The van der Waals surface area contributed by atoms with Crippen molar-refractivity contribution in [1.82, 2.24) is 0 Å². The number of fused-ring (bicyclic) bond motifs is 1. The molecule has 2 heteroatoms. The van der Waals surface area contributed by atoms with Gasteiger partial charge in [-0.25, -0.2) is 0 Å². The summed E-state index contributed by atoms with van der Waals surface area (Å²) >= 11 is 0. The van der Waals surface area contributed by atoms with Gasteiger partial charge < -0.3 is 5.11 Å². The summed E-state index contributed by atoms with van der Waals surface area (Å²) in [5.74, 6) is -0.581. The van der Waals surface area contributed by atoms with E-state index in [1.807, 2.05) is 54.6 Å². The molecule has 0 unspecified atom stereocenters. The van der Waals surface area contributed by atoms with Crippen molar-refractivity contribution in [2.24, 2.45) is 0 Å². The van der Waals surface area contributed by atoms with Gasteiger partial charge in [0.05, 0.1) is 12.2 Å². The molecule has 0 aliphatic rings. The van der Waals surface area contributed by atoms with Gasteiger partial charge in [0.2, 0.25) is 0 Å². The summed E-state index contributed by atoms with van der Waals surface area (Å²) in [6.45, 7) is 4.17. The third-order valence-corrected chi connectivity index (χ3v) is 4.93. The van der Waals surface area contributed by atoms with E-state index in [-0.39, 0.29) is 0 Å². The first-order chi connectivity index (χ1) is 12.2. The lowest BCUT2D eigenvalue weighted by atomic mass is 9.84.